The highest BCUT2D eigenvalue weighted by atomic mass is 19.1. The quantitative estimate of drug-likeness (QED) is 0.908. The van der Waals surface area contributed by atoms with Crippen LogP contribution in [-0.2, 0) is 0 Å². The van der Waals surface area contributed by atoms with Gasteiger partial charge in [-0.05, 0) is 48.4 Å². The highest BCUT2D eigenvalue weighted by Gasteiger charge is 2.07. The van der Waals surface area contributed by atoms with E-state index < -0.39 is 0 Å². The maximum absolute atomic E-state index is 13.5. The van der Waals surface area contributed by atoms with Crippen LogP contribution in [0.3, 0.4) is 0 Å². The molecule has 0 bridgehead atoms. The van der Waals surface area contributed by atoms with Crippen molar-refractivity contribution in [2.24, 2.45) is 0 Å². The number of rotatable bonds is 4. The summed E-state index contributed by atoms with van der Waals surface area (Å²) in [4.78, 5) is 0. The molecular formula is C17H17FN2. The Kier molecular flexibility index (Phi) is 4.49. The van der Waals surface area contributed by atoms with Crippen molar-refractivity contribution < 1.29 is 4.39 Å². The minimum absolute atomic E-state index is 0.325. The van der Waals surface area contributed by atoms with Crippen molar-refractivity contribution in [3.8, 4) is 17.2 Å². The minimum atomic E-state index is -0.384. The number of hydrogen-bond acceptors (Lipinski definition) is 2. The van der Waals surface area contributed by atoms with Gasteiger partial charge < -0.3 is 5.32 Å². The molecule has 0 aliphatic heterocycles. The molecule has 3 heteroatoms. The molecule has 20 heavy (non-hydrogen) atoms. The highest BCUT2D eigenvalue weighted by Crippen LogP contribution is 2.24. The Balaban J connectivity index is 2.35. The Labute approximate surface area is 118 Å². The fourth-order valence-corrected chi connectivity index (χ4v) is 2.34. The van der Waals surface area contributed by atoms with E-state index in [2.05, 4.69) is 12.2 Å². The van der Waals surface area contributed by atoms with E-state index in [1.807, 2.05) is 37.4 Å². The van der Waals surface area contributed by atoms with Crippen LogP contribution in [0, 0.1) is 17.1 Å². The molecule has 2 aromatic carbocycles. The van der Waals surface area contributed by atoms with Crippen LogP contribution in [-0.4, -0.2) is 7.05 Å². The molecule has 0 spiro atoms. The van der Waals surface area contributed by atoms with Crippen LogP contribution in [0.2, 0.25) is 0 Å². The number of nitrogens with one attached hydrogen (secondary N) is 1. The molecule has 0 radical (unpaired) electrons. The SMILES string of the molecule is CCC(NC)c1ccc(-c2cc(F)cc(C#N)c2)cc1. The van der Waals surface area contributed by atoms with Gasteiger partial charge in [-0.1, -0.05) is 31.2 Å². The van der Waals surface area contributed by atoms with Crippen LogP contribution < -0.4 is 5.32 Å². The molecule has 102 valence electrons. The van der Waals surface area contributed by atoms with Gasteiger partial charge in [0.25, 0.3) is 0 Å². The molecule has 0 heterocycles. The summed E-state index contributed by atoms with van der Waals surface area (Å²) in [5.74, 6) is -0.384. The van der Waals surface area contributed by atoms with E-state index in [0.29, 0.717) is 11.6 Å². The Morgan fingerprint density at radius 2 is 1.85 bits per heavy atom. The first kappa shape index (κ1) is 14.2. The van der Waals surface area contributed by atoms with Crippen LogP contribution in [0.4, 0.5) is 4.39 Å². The monoisotopic (exact) mass is 268 g/mol. The summed E-state index contributed by atoms with van der Waals surface area (Å²) in [5, 5.41) is 12.1. The van der Waals surface area contributed by atoms with Gasteiger partial charge in [-0.15, -0.1) is 0 Å². The Morgan fingerprint density at radius 1 is 1.15 bits per heavy atom. The van der Waals surface area contributed by atoms with Crippen molar-refractivity contribution in [2.75, 3.05) is 7.05 Å². The van der Waals surface area contributed by atoms with Crippen molar-refractivity contribution in [2.45, 2.75) is 19.4 Å². The van der Waals surface area contributed by atoms with Gasteiger partial charge in [-0.25, -0.2) is 4.39 Å². The summed E-state index contributed by atoms with van der Waals surface area (Å²) in [6, 6.07) is 14.7. The zero-order valence-electron chi connectivity index (χ0n) is 11.7. The van der Waals surface area contributed by atoms with E-state index in [9.17, 15) is 4.39 Å². The number of nitrogens with zero attached hydrogens (tertiary/aromatic N) is 1. The van der Waals surface area contributed by atoms with Gasteiger partial charge >= 0.3 is 0 Å². The van der Waals surface area contributed by atoms with Crippen molar-refractivity contribution >= 4 is 0 Å². The van der Waals surface area contributed by atoms with Crippen molar-refractivity contribution in [3.63, 3.8) is 0 Å². The molecule has 1 unspecified atom stereocenters. The van der Waals surface area contributed by atoms with E-state index in [1.54, 1.807) is 6.07 Å². The molecule has 1 N–H and O–H groups in total. The minimum Gasteiger partial charge on any atom is -0.313 e. The second-order valence-electron chi connectivity index (χ2n) is 4.71. The van der Waals surface area contributed by atoms with Crippen LogP contribution in [0.25, 0.3) is 11.1 Å². The lowest BCUT2D eigenvalue weighted by Crippen LogP contribution is -2.14. The van der Waals surface area contributed by atoms with E-state index in [0.717, 1.165) is 17.5 Å². The fourth-order valence-electron chi connectivity index (χ4n) is 2.34. The molecule has 0 saturated carbocycles. The third-order valence-electron chi connectivity index (χ3n) is 3.43. The van der Waals surface area contributed by atoms with Gasteiger partial charge in [0.2, 0.25) is 0 Å². The lowest BCUT2D eigenvalue weighted by molar-refractivity contribution is 0.577. The van der Waals surface area contributed by atoms with E-state index in [1.165, 1.54) is 17.7 Å². The zero-order chi connectivity index (χ0) is 14.5. The molecule has 2 nitrogen and oxygen atoms in total. The Hall–Kier alpha value is -2.18. The standard InChI is InChI=1S/C17H17FN2/c1-3-17(20-2)14-6-4-13(5-7-14)15-8-12(11-19)9-16(18)10-15/h4-10,17,20H,3H2,1-2H3. The summed E-state index contributed by atoms with van der Waals surface area (Å²) in [6.07, 6.45) is 1.01. The number of nitriles is 1. The van der Waals surface area contributed by atoms with Crippen LogP contribution >= 0.6 is 0 Å². The van der Waals surface area contributed by atoms with E-state index in [4.69, 9.17) is 5.26 Å². The molecule has 2 aromatic rings. The fraction of sp³-hybridized carbons (Fsp3) is 0.235. The summed E-state index contributed by atoms with van der Waals surface area (Å²) < 4.78 is 13.5. The number of benzene rings is 2. The molecular weight excluding hydrogens is 251 g/mol. The number of halogens is 1. The average Bonchev–Trinajstić information content (AvgIpc) is 2.48. The first-order valence-electron chi connectivity index (χ1n) is 6.66. The van der Waals surface area contributed by atoms with Crippen LogP contribution in [0.5, 0.6) is 0 Å². The smallest absolute Gasteiger partial charge is 0.125 e. The number of hydrogen-bond donors (Lipinski definition) is 1. The van der Waals surface area contributed by atoms with Gasteiger partial charge in [0.15, 0.2) is 0 Å². The molecule has 0 aromatic heterocycles. The largest absolute Gasteiger partial charge is 0.313 e. The van der Waals surface area contributed by atoms with Gasteiger partial charge in [-0.2, -0.15) is 5.26 Å². The average molecular weight is 268 g/mol. The van der Waals surface area contributed by atoms with Gasteiger partial charge in [-0.3, -0.25) is 0 Å². The van der Waals surface area contributed by atoms with Crippen molar-refractivity contribution in [1.82, 2.24) is 5.32 Å². The second kappa shape index (κ2) is 6.31. The topological polar surface area (TPSA) is 35.8 Å². The Morgan fingerprint density at radius 3 is 2.40 bits per heavy atom. The third-order valence-corrected chi connectivity index (χ3v) is 3.43. The maximum atomic E-state index is 13.5. The van der Waals surface area contributed by atoms with Gasteiger partial charge in [0.05, 0.1) is 11.6 Å². The zero-order valence-corrected chi connectivity index (χ0v) is 11.7. The third kappa shape index (κ3) is 3.04. The van der Waals surface area contributed by atoms with Crippen molar-refractivity contribution in [1.29, 1.82) is 5.26 Å². The maximum Gasteiger partial charge on any atom is 0.125 e. The second-order valence-corrected chi connectivity index (χ2v) is 4.71. The van der Waals surface area contributed by atoms with Gasteiger partial charge in [0.1, 0.15) is 5.82 Å². The van der Waals surface area contributed by atoms with Crippen molar-refractivity contribution in [3.05, 3.63) is 59.4 Å². The molecule has 0 saturated heterocycles. The molecule has 1 atom stereocenters. The molecule has 0 fully saturated rings. The first-order chi connectivity index (χ1) is 9.67. The summed E-state index contributed by atoms with van der Waals surface area (Å²) in [7, 11) is 1.94. The highest BCUT2D eigenvalue weighted by molar-refractivity contribution is 5.65. The molecule has 0 amide bonds. The lowest BCUT2D eigenvalue weighted by atomic mass is 9.98. The van der Waals surface area contributed by atoms with Crippen LogP contribution in [0.1, 0.15) is 30.5 Å². The molecule has 0 aliphatic rings. The normalized spacial score (nSPS) is 11.9. The molecule has 2 rings (SSSR count). The molecule has 0 aliphatic carbocycles. The lowest BCUT2D eigenvalue weighted by Gasteiger charge is -2.14. The first-order valence-corrected chi connectivity index (χ1v) is 6.66. The summed E-state index contributed by atoms with van der Waals surface area (Å²) in [5.41, 5.74) is 3.18. The van der Waals surface area contributed by atoms with E-state index >= 15 is 0 Å². The van der Waals surface area contributed by atoms with Crippen LogP contribution in [0.15, 0.2) is 42.5 Å². The van der Waals surface area contributed by atoms with Gasteiger partial charge in [0, 0.05) is 6.04 Å². The predicted molar refractivity (Wildman–Crippen MR) is 78.6 cm³/mol. The summed E-state index contributed by atoms with van der Waals surface area (Å²) >= 11 is 0. The Bertz CT molecular complexity index is 622. The summed E-state index contributed by atoms with van der Waals surface area (Å²) in [6.45, 7) is 2.13. The predicted octanol–water partition coefficient (Wildman–Crippen LogP) is 4.03. The van der Waals surface area contributed by atoms with E-state index in [-0.39, 0.29) is 5.82 Å².